The maximum atomic E-state index is 5.54. The largest absolute Gasteiger partial charge is 0.404 e. The van der Waals surface area contributed by atoms with Crippen molar-refractivity contribution in [1.29, 1.82) is 0 Å². The van der Waals surface area contributed by atoms with Gasteiger partial charge in [0.25, 0.3) is 23.3 Å². The molecule has 12 rings (SSSR count). The Morgan fingerprint density at radius 2 is 1.07 bits per heavy atom. The molecule has 3 aromatic carbocycles. The third kappa shape index (κ3) is 5.17. The van der Waals surface area contributed by atoms with E-state index in [9.17, 15) is 0 Å². The highest BCUT2D eigenvalue weighted by molar-refractivity contribution is 6.18. The zero-order valence-corrected chi connectivity index (χ0v) is 36.4. The monoisotopic (exact) mass is 751 g/mol. The molecule has 0 amide bonds. The lowest BCUT2D eigenvalue weighted by molar-refractivity contribution is -0.791. The van der Waals surface area contributed by atoms with Gasteiger partial charge in [0.05, 0.1) is 28.3 Å². The van der Waals surface area contributed by atoms with Gasteiger partial charge in [-0.05, 0) is 42.8 Å². The number of amidine groups is 4. The van der Waals surface area contributed by atoms with Gasteiger partial charge in [-0.15, -0.1) is 4.58 Å². The second-order valence-electron chi connectivity index (χ2n) is 12.0. The van der Waals surface area contributed by atoms with Gasteiger partial charge in [-0.1, -0.05) is 178 Å². The van der Waals surface area contributed by atoms with Gasteiger partial charge in [0, 0.05) is 16.2 Å². The number of aryl methyl sites for hydroxylation is 1. The molecule has 0 fully saturated rings. The zero-order chi connectivity index (χ0) is 41.1. The summed E-state index contributed by atoms with van der Waals surface area (Å²) >= 11 is 0. The number of aliphatic imine (C=N–C) groups is 2. The van der Waals surface area contributed by atoms with Crippen LogP contribution in [0.25, 0.3) is 21.5 Å². The molecule has 0 bridgehead atoms. The van der Waals surface area contributed by atoms with Crippen molar-refractivity contribution in [3.8, 4) is 0 Å². The van der Waals surface area contributed by atoms with Gasteiger partial charge >= 0.3 is 5.91 Å². The Morgan fingerprint density at radius 3 is 1.71 bits per heavy atom. The van der Waals surface area contributed by atoms with Crippen molar-refractivity contribution in [3.05, 3.63) is 119 Å². The molecule has 7 aliphatic rings. The van der Waals surface area contributed by atoms with Crippen LogP contribution >= 0.6 is 0 Å². The first-order chi connectivity index (χ1) is 27.8. The second-order valence-corrected chi connectivity index (χ2v) is 12.0. The van der Waals surface area contributed by atoms with Crippen molar-refractivity contribution >= 4 is 56.5 Å². The van der Waals surface area contributed by atoms with Gasteiger partial charge in [0.1, 0.15) is 0 Å². The first kappa shape index (κ1) is 41.7. The molecule has 2 unspecified atom stereocenters. The molecule has 6 aliphatic heterocycles. The van der Waals surface area contributed by atoms with Crippen molar-refractivity contribution < 1.29 is 9.15 Å². The molecule has 0 saturated heterocycles. The fourth-order valence-corrected chi connectivity index (χ4v) is 8.51. The topological polar surface area (TPSA) is 65.3 Å². The molecule has 8 nitrogen and oxygen atoms in total. The minimum atomic E-state index is -0.889. The molecule has 1 aliphatic carbocycles. The van der Waals surface area contributed by atoms with Crippen LogP contribution in [-0.4, -0.2) is 41.6 Å². The zero-order valence-electron chi connectivity index (χ0n) is 36.4. The number of aromatic nitrogens is 2. The standard InChI is InChI=1S/C34H20N8.7C2H6/c1-17-9-8-16-24-25(17)33-38-31-23-15-7-6-14-22(23)29-36-27-19-11-3-2-10-18(19)26-35-28-20-12-4-5-13-21(20)30-37-32(24)42(33)34(39(26)27,40(28)30)41(29)31;7*1-2/h2-16,22-23H,1H3;7*1-2H3/q+2;;;;;;;/t22?,23?,34-;;;;;;;/m1......./s1. The lowest BCUT2D eigenvalue weighted by atomic mass is 9.89. The molecular formula is C48H62N8+2. The van der Waals surface area contributed by atoms with Crippen molar-refractivity contribution in [2.24, 2.45) is 31.8 Å². The van der Waals surface area contributed by atoms with E-state index in [2.05, 4.69) is 116 Å². The molecule has 0 saturated carbocycles. The van der Waals surface area contributed by atoms with Crippen molar-refractivity contribution in [1.82, 2.24) is 9.13 Å². The lowest BCUT2D eigenvalue weighted by Crippen LogP contribution is -2.71. The molecule has 0 N–H and O–H groups in total. The lowest BCUT2D eigenvalue weighted by Gasteiger charge is -2.40. The summed E-state index contributed by atoms with van der Waals surface area (Å²) in [6.07, 6.45) is 8.88. The highest BCUT2D eigenvalue weighted by Crippen LogP contribution is 2.54. The quantitative estimate of drug-likeness (QED) is 0.142. The summed E-state index contributed by atoms with van der Waals surface area (Å²) < 4.78 is 9.53. The first-order valence-electron chi connectivity index (χ1n) is 21.4. The van der Waals surface area contributed by atoms with Gasteiger partial charge in [-0.2, -0.15) is 13.7 Å². The molecule has 1 spiro atoms. The smallest absolute Gasteiger partial charge is 0.192 e. The summed E-state index contributed by atoms with van der Waals surface area (Å²) in [4.78, 5) is 21.9. The molecule has 2 aromatic heterocycles. The minimum Gasteiger partial charge on any atom is -0.192 e. The summed E-state index contributed by atoms with van der Waals surface area (Å²) in [5.41, 5.74) is 5.24. The number of allylic oxidation sites excluding steroid dienone is 2. The van der Waals surface area contributed by atoms with Crippen LogP contribution in [0.15, 0.2) is 111 Å². The highest BCUT2D eigenvalue weighted by Gasteiger charge is 2.70. The average molecular weight is 751 g/mol. The summed E-state index contributed by atoms with van der Waals surface area (Å²) in [7, 11) is 0. The van der Waals surface area contributed by atoms with E-state index in [0.29, 0.717) is 0 Å². The molecule has 56 heavy (non-hydrogen) atoms. The van der Waals surface area contributed by atoms with E-state index in [0.717, 1.165) is 78.6 Å². The van der Waals surface area contributed by atoms with E-state index in [1.54, 1.807) is 0 Å². The predicted molar refractivity (Wildman–Crippen MR) is 238 cm³/mol. The van der Waals surface area contributed by atoms with Crippen LogP contribution < -0.4 is 11.0 Å². The molecule has 5 aromatic rings. The van der Waals surface area contributed by atoms with Crippen LogP contribution in [0, 0.1) is 18.8 Å². The highest BCUT2D eigenvalue weighted by atomic mass is 15.7. The van der Waals surface area contributed by atoms with Crippen LogP contribution in [-0.2, 0) is 5.91 Å². The molecule has 3 atom stereocenters. The minimum absolute atomic E-state index is 0.0863. The normalized spacial score (nSPS) is 20.0. The number of fused-ring (bicyclic) bond motifs is 12. The van der Waals surface area contributed by atoms with Crippen LogP contribution in [0.1, 0.15) is 114 Å². The predicted octanol–water partition coefficient (Wildman–Crippen LogP) is 11.2. The van der Waals surface area contributed by atoms with Gasteiger partial charge in [-0.3, -0.25) is 0 Å². The van der Waals surface area contributed by atoms with Crippen LogP contribution in [0.2, 0.25) is 0 Å². The summed E-state index contributed by atoms with van der Waals surface area (Å²) in [6, 6.07) is 23.6. The SMILES string of the molecule is CC.CC.CC.CC.CC.CC.CC.Cc1cccc2c3n4c(c12)N=C1C2C=CC=CC2C2=[N+]1[C@]41n4c(c5ccccc5c4=N2)=NC2=[N+]1C(=N3)c1ccccc12. The van der Waals surface area contributed by atoms with Gasteiger partial charge in [0.15, 0.2) is 0 Å². The van der Waals surface area contributed by atoms with Crippen molar-refractivity contribution in [3.63, 3.8) is 0 Å². The number of nitrogens with zero attached hydrogens (tertiary/aromatic N) is 8. The van der Waals surface area contributed by atoms with E-state index >= 15 is 0 Å². The van der Waals surface area contributed by atoms with E-state index in [1.165, 1.54) is 5.56 Å². The molecular weight excluding hydrogens is 689 g/mol. The Balaban J connectivity index is 0.000000392. The van der Waals surface area contributed by atoms with Crippen LogP contribution in [0.3, 0.4) is 0 Å². The second kappa shape index (κ2) is 17.1. The molecule has 0 radical (unpaired) electrons. The van der Waals surface area contributed by atoms with Crippen molar-refractivity contribution in [2.45, 2.75) is 110 Å². The number of hydrogen-bond acceptors (Lipinski definition) is 4. The van der Waals surface area contributed by atoms with E-state index in [1.807, 2.05) is 96.9 Å². The fraction of sp³-hybridized carbons (Fsp3) is 0.375. The average Bonchev–Trinajstić information content (AvgIpc) is 4.02. The summed E-state index contributed by atoms with van der Waals surface area (Å²) in [5.74, 6) is 5.03. The first-order valence-corrected chi connectivity index (χ1v) is 21.4. The Kier molecular flexibility index (Phi) is 12.7. The Morgan fingerprint density at radius 1 is 0.518 bits per heavy atom. The molecule has 292 valence electrons. The Hall–Kier alpha value is -5.50. The summed E-state index contributed by atoms with van der Waals surface area (Å²) in [6.45, 7) is 30.2. The van der Waals surface area contributed by atoms with Gasteiger partial charge in [0.2, 0.25) is 22.6 Å². The Labute approximate surface area is 334 Å². The van der Waals surface area contributed by atoms with E-state index < -0.39 is 5.91 Å². The fourth-order valence-electron chi connectivity index (χ4n) is 8.51. The van der Waals surface area contributed by atoms with E-state index in [4.69, 9.17) is 20.0 Å². The van der Waals surface area contributed by atoms with Gasteiger partial charge in [-0.25, -0.2) is 0 Å². The van der Waals surface area contributed by atoms with Crippen LogP contribution in [0.4, 0.5) is 11.6 Å². The van der Waals surface area contributed by atoms with Gasteiger partial charge < -0.3 is 0 Å². The summed E-state index contributed by atoms with van der Waals surface area (Å²) in [5, 5.41) is 4.48. The molecule has 8 heteroatoms. The number of rotatable bonds is 0. The van der Waals surface area contributed by atoms with Crippen LogP contribution in [0.5, 0.6) is 0 Å². The number of benzene rings is 3. The van der Waals surface area contributed by atoms with E-state index in [-0.39, 0.29) is 11.8 Å². The molecule has 8 heterocycles. The Bertz CT molecular complexity index is 2600. The third-order valence-corrected chi connectivity index (χ3v) is 10.1. The maximum Gasteiger partial charge on any atom is 0.404 e. The number of hydrogen-bond donors (Lipinski definition) is 0. The third-order valence-electron chi connectivity index (χ3n) is 10.1. The maximum absolute atomic E-state index is 5.54. The van der Waals surface area contributed by atoms with Crippen molar-refractivity contribution in [2.75, 3.05) is 0 Å².